The van der Waals surface area contributed by atoms with E-state index in [0.717, 1.165) is 29.4 Å². The zero-order chi connectivity index (χ0) is 24.0. The van der Waals surface area contributed by atoms with E-state index in [1.54, 1.807) is 13.2 Å². The molecule has 176 valence electrons. The molecule has 0 aliphatic carbocycles. The predicted octanol–water partition coefficient (Wildman–Crippen LogP) is 3.80. The van der Waals surface area contributed by atoms with Crippen molar-refractivity contribution >= 4 is 33.4 Å². The topological polar surface area (TPSA) is 63.4 Å². The molecule has 1 aliphatic heterocycles. The third kappa shape index (κ3) is 3.47. The summed E-state index contributed by atoms with van der Waals surface area (Å²) in [6, 6.07) is 13.9. The molecule has 1 amide bonds. The van der Waals surface area contributed by atoms with Gasteiger partial charge in [0.15, 0.2) is 0 Å². The molecule has 1 aliphatic rings. The summed E-state index contributed by atoms with van der Waals surface area (Å²) in [6.07, 6.45) is 2.34. The number of hydrogen-bond acceptors (Lipinski definition) is 4. The molecule has 3 heterocycles. The smallest absolute Gasteiger partial charge is 0.291 e. The predicted molar refractivity (Wildman–Crippen MR) is 137 cm³/mol. The number of piperazine rings is 1. The Labute approximate surface area is 199 Å². The Kier molecular flexibility index (Phi) is 5.63. The molecule has 1 saturated heterocycles. The number of para-hydroxylation sites is 1. The van der Waals surface area contributed by atoms with E-state index in [1.807, 2.05) is 40.7 Å². The first-order chi connectivity index (χ1) is 16.4. The number of fused-ring (bicyclic) bond motifs is 3. The Morgan fingerprint density at radius 2 is 1.74 bits per heavy atom. The van der Waals surface area contributed by atoms with Gasteiger partial charge in [-0.2, -0.15) is 5.10 Å². The van der Waals surface area contributed by atoms with E-state index in [2.05, 4.69) is 42.0 Å². The van der Waals surface area contributed by atoms with Gasteiger partial charge in [-0.3, -0.25) is 9.59 Å². The molecule has 7 nitrogen and oxygen atoms in total. The van der Waals surface area contributed by atoms with Crippen LogP contribution in [0.4, 0.5) is 5.69 Å². The van der Waals surface area contributed by atoms with E-state index >= 15 is 0 Å². The minimum Gasteiger partial charge on any atom is -0.368 e. The van der Waals surface area contributed by atoms with Crippen LogP contribution in [0.15, 0.2) is 53.5 Å². The van der Waals surface area contributed by atoms with Gasteiger partial charge in [-0.25, -0.2) is 4.68 Å². The third-order valence-electron chi connectivity index (χ3n) is 7.30. The molecule has 0 spiro atoms. The fourth-order valence-corrected chi connectivity index (χ4v) is 5.24. The van der Waals surface area contributed by atoms with Gasteiger partial charge in [0.2, 0.25) is 5.91 Å². The lowest BCUT2D eigenvalue weighted by molar-refractivity contribution is -0.135. The Hall–Kier alpha value is -3.61. The molecule has 4 aromatic rings. The van der Waals surface area contributed by atoms with Gasteiger partial charge in [-0.15, -0.1) is 0 Å². The zero-order valence-corrected chi connectivity index (χ0v) is 20.3. The SMILES string of the molecule is CC[C@H](C(=O)N1CCN(c2cccc(C)c2C)CC1)n1c2ccccc2c2cnn(C)c(=O)c21. The first-order valence-corrected chi connectivity index (χ1v) is 12.0. The highest BCUT2D eigenvalue weighted by atomic mass is 16.2. The standard InChI is InChI=1S/C27H31N5O2/c1-5-22(26(33)31-15-13-30(14-16-31)23-12-8-9-18(2)19(23)3)32-24-11-7-6-10-20(24)21-17-28-29(4)27(34)25(21)32/h6-12,17,22H,5,13-16H2,1-4H3/t22-/m1/s1. The number of anilines is 1. The summed E-state index contributed by atoms with van der Waals surface area (Å²) < 4.78 is 3.30. The molecule has 1 atom stereocenters. The highest BCUT2D eigenvalue weighted by Crippen LogP contribution is 2.32. The van der Waals surface area contributed by atoms with Crippen molar-refractivity contribution in [2.45, 2.75) is 33.2 Å². The Balaban J connectivity index is 1.48. The average molecular weight is 458 g/mol. The van der Waals surface area contributed by atoms with E-state index in [4.69, 9.17) is 0 Å². The first kappa shape index (κ1) is 22.2. The number of nitrogens with zero attached hydrogens (tertiary/aromatic N) is 5. The summed E-state index contributed by atoms with van der Waals surface area (Å²) in [5.74, 6) is 0.0737. The van der Waals surface area contributed by atoms with Crippen molar-refractivity contribution in [3.8, 4) is 0 Å². The van der Waals surface area contributed by atoms with E-state index in [1.165, 1.54) is 21.5 Å². The molecular formula is C27H31N5O2. The lowest BCUT2D eigenvalue weighted by Gasteiger charge is -2.38. The minimum absolute atomic E-state index is 0.0737. The second-order valence-electron chi connectivity index (χ2n) is 9.18. The number of carbonyl (C=O) groups excluding carboxylic acids is 1. The van der Waals surface area contributed by atoms with Crippen molar-refractivity contribution in [3.63, 3.8) is 0 Å². The molecule has 0 bridgehead atoms. The number of amides is 1. The Morgan fingerprint density at radius 1 is 1.00 bits per heavy atom. The number of hydrogen-bond donors (Lipinski definition) is 0. The fourth-order valence-electron chi connectivity index (χ4n) is 5.24. The van der Waals surface area contributed by atoms with Crippen LogP contribution in [0.1, 0.15) is 30.5 Å². The lowest BCUT2D eigenvalue weighted by atomic mass is 10.1. The molecule has 2 aromatic heterocycles. The molecule has 0 N–H and O–H groups in total. The van der Waals surface area contributed by atoms with Crippen molar-refractivity contribution in [2.24, 2.45) is 7.05 Å². The maximum atomic E-state index is 13.8. The summed E-state index contributed by atoms with van der Waals surface area (Å²) in [5.41, 5.74) is 5.09. The second kappa shape index (κ2) is 8.63. The lowest BCUT2D eigenvalue weighted by Crippen LogP contribution is -2.50. The van der Waals surface area contributed by atoms with Crippen LogP contribution in [0.3, 0.4) is 0 Å². The molecule has 2 aromatic carbocycles. The van der Waals surface area contributed by atoms with E-state index in [9.17, 15) is 9.59 Å². The maximum absolute atomic E-state index is 13.8. The summed E-state index contributed by atoms with van der Waals surface area (Å²) in [4.78, 5) is 31.3. The summed E-state index contributed by atoms with van der Waals surface area (Å²) >= 11 is 0. The van der Waals surface area contributed by atoms with Gasteiger partial charge in [0.25, 0.3) is 5.56 Å². The van der Waals surface area contributed by atoms with Crippen molar-refractivity contribution in [2.75, 3.05) is 31.1 Å². The van der Waals surface area contributed by atoms with E-state index in [0.29, 0.717) is 25.0 Å². The molecule has 0 unspecified atom stereocenters. The van der Waals surface area contributed by atoms with Crippen LogP contribution in [0.5, 0.6) is 0 Å². The van der Waals surface area contributed by atoms with Gasteiger partial charge < -0.3 is 14.4 Å². The van der Waals surface area contributed by atoms with Gasteiger partial charge in [-0.1, -0.05) is 37.3 Å². The van der Waals surface area contributed by atoms with Crippen LogP contribution >= 0.6 is 0 Å². The number of aromatic nitrogens is 3. The summed E-state index contributed by atoms with van der Waals surface area (Å²) in [7, 11) is 1.65. The second-order valence-corrected chi connectivity index (χ2v) is 9.18. The normalized spacial score (nSPS) is 15.3. The molecular weight excluding hydrogens is 426 g/mol. The highest BCUT2D eigenvalue weighted by Gasteiger charge is 2.31. The van der Waals surface area contributed by atoms with E-state index in [-0.39, 0.29) is 11.5 Å². The first-order valence-electron chi connectivity index (χ1n) is 12.0. The molecule has 34 heavy (non-hydrogen) atoms. The summed E-state index contributed by atoms with van der Waals surface area (Å²) in [5, 5.41) is 5.98. The molecule has 5 rings (SSSR count). The zero-order valence-electron chi connectivity index (χ0n) is 20.3. The molecule has 0 radical (unpaired) electrons. The van der Waals surface area contributed by atoms with Gasteiger partial charge >= 0.3 is 0 Å². The van der Waals surface area contributed by atoms with Gasteiger partial charge in [-0.05, 0) is 43.5 Å². The van der Waals surface area contributed by atoms with Crippen LogP contribution in [0, 0.1) is 13.8 Å². The van der Waals surface area contributed by atoms with Gasteiger partial charge in [0, 0.05) is 49.7 Å². The number of aryl methyl sites for hydroxylation is 2. The fraction of sp³-hybridized carbons (Fsp3) is 0.370. The molecule has 7 heteroatoms. The van der Waals surface area contributed by atoms with Crippen molar-refractivity contribution in [1.82, 2.24) is 19.2 Å². The van der Waals surface area contributed by atoms with Crippen molar-refractivity contribution < 1.29 is 4.79 Å². The average Bonchev–Trinajstić information content (AvgIpc) is 3.19. The quantitative estimate of drug-likeness (QED) is 0.468. The van der Waals surface area contributed by atoms with Gasteiger partial charge in [0.05, 0.1) is 11.7 Å². The molecule has 0 saturated carbocycles. The van der Waals surface area contributed by atoms with Crippen molar-refractivity contribution in [3.05, 3.63) is 70.1 Å². The summed E-state index contributed by atoms with van der Waals surface area (Å²) in [6.45, 7) is 9.24. The monoisotopic (exact) mass is 457 g/mol. The van der Waals surface area contributed by atoms with Crippen LogP contribution in [0.25, 0.3) is 21.8 Å². The van der Waals surface area contributed by atoms with Crippen LogP contribution in [-0.4, -0.2) is 51.3 Å². The van der Waals surface area contributed by atoms with Crippen LogP contribution in [-0.2, 0) is 11.8 Å². The molecule has 1 fully saturated rings. The largest absolute Gasteiger partial charge is 0.368 e. The van der Waals surface area contributed by atoms with Crippen molar-refractivity contribution in [1.29, 1.82) is 0 Å². The third-order valence-corrected chi connectivity index (χ3v) is 7.30. The highest BCUT2D eigenvalue weighted by molar-refractivity contribution is 6.08. The maximum Gasteiger partial charge on any atom is 0.291 e. The number of rotatable bonds is 4. The van der Waals surface area contributed by atoms with Crippen LogP contribution in [0.2, 0.25) is 0 Å². The Morgan fingerprint density at radius 3 is 2.47 bits per heavy atom. The van der Waals surface area contributed by atoms with E-state index < -0.39 is 6.04 Å². The Bertz CT molecular complexity index is 1440. The number of carbonyl (C=O) groups is 1. The minimum atomic E-state index is -0.440. The van der Waals surface area contributed by atoms with Crippen LogP contribution < -0.4 is 10.5 Å². The van der Waals surface area contributed by atoms with Gasteiger partial charge in [0.1, 0.15) is 11.6 Å². The number of benzene rings is 2.